The predicted octanol–water partition coefficient (Wildman–Crippen LogP) is 5.64. The zero-order valence-corrected chi connectivity index (χ0v) is 26.2. The minimum absolute atomic E-state index is 0.0146. The van der Waals surface area contributed by atoms with E-state index in [4.69, 9.17) is 15.5 Å². The molecule has 44 heavy (non-hydrogen) atoms. The lowest BCUT2D eigenvalue weighted by Gasteiger charge is -2.30. The smallest absolute Gasteiger partial charge is 0.254 e. The minimum Gasteiger partial charge on any atom is -0.494 e. The second kappa shape index (κ2) is 11.6. The second-order valence-electron chi connectivity index (χ2n) is 13.1. The Hall–Kier alpha value is -3.85. The fourth-order valence-electron chi connectivity index (χ4n) is 7.76. The van der Waals surface area contributed by atoms with Gasteiger partial charge in [-0.25, -0.2) is 4.98 Å². The quantitative estimate of drug-likeness (QED) is 0.330. The maximum absolute atomic E-state index is 13.5. The summed E-state index contributed by atoms with van der Waals surface area (Å²) in [4.78, 5) is 35.9. The summed E-state index contributed by atoms with van der Waals surface area (Å²) < 4.78 is 10.3. The fourth-order valence-corrected chi connectivity index (χ4v) is 7.76. The number of methoxy groups -OCH3 is 1. The molecule has 9 nitrogen and oxygen atoms in total. The van der Waals surface area contributed by atoms with E-state index in [0.717, 1.165) is 92.4 Å². The molecule has 5 heterocycles. The number of carbonyl (C=O) groups is 2. The number of rotatable bonds is 3. The van der Waals surface area contributed by atoms with Crippen LogP contribution < -0.4 is 10.5 Å². The van der Waals surface area contributed by atoms with Gasteiger partial charge < -0.3 is 29.4 Å². The van der Waals surface area contributed by atoms with Gasteiger partial charge >= 0.3 is 0 Å². The van der Waals surface area contributed by atoms with Crippen LogP contribution in [-0.4, -0.2) is 68.5 Å². The normalized spacial score (nSPS) is 23.1. The molecule has 7 rings (SSSR count). The highest BCUT2D eigenvalue weighted by Crippen LogP contribution is 2.37. The van der Waals surface area contributed by atoms with E-state index in [-0.39, 0.29) is 23.9 Å². The van der Waals surface area contributed by atoms with E-state index in [1.165, 1.54) is 11.1 Å². The highest BCUT2D eigenvalue weighted by Gasteiger charge is 2.34. The van der Waals surface area contributed by atoms with E-state index >= 15 is 0 Å². The van der Waals surface area contributed by atoms with Gasteiger partial charge in [0, 0.05) is 61.7 Å². The zero-order chi connectivity index (χ0) is 30.5. The van der Waals surface area contributed by atoms with Crippen LogP contribution in [-0.2, 0) is 18.4 Å². The van der Waals surface area contributed by atoms with Crippen molar-refractivity contribution in [3.63, 3.8) is 0 Å². The molecule has 4 aromatic rings. The van der Waals surface area contributed by atoms with Gasteiger partial charge in [-0.15, -0.1) is 0 Å². The number of ether oxygens (including phenoxy) is 1. The molecule has 0 saturated carbocycles. The van der Waals surface area contributed by atoms with Gasteiger partial charge in [0.15, 0.2) is 5.82 Å². The number of carbonyl (C=O) groups excluding carboxylic acids is 2. The summed E-state index contributed by atoms with van der Waals surface area (Å²) in [5, 5.41) is 1.16. The van der Waals surface area contributed by atoms with Crippen LogP contribution in [0.4, 0.5) is 0 Å². The van der Waals surface area contributed by atoms with Crippen molar-refractivity contribution >= 4 is 33.8 Å². The molecule has 2 fully saturated rings. The third-order valence-electron chi connectivity index (χ3n) is 10.3. The highest BCUT2D eigenvalue weighted by molar-refractivity contribution is 6.00. The van der Waals surface area contributed by atoms with Crippen molar-refractivity contribution in [2.75, 3.05) is 26.7 Å². The van der Waals surface area contributed by atoms with Crippen molar-refractivity contribution in [3.05, 3.63) is 47.5 Å². The number of imidazole rings is 1. The number of benzene rings is 2. The van der Waals surface area contributed by atoms with E-state index < -0.39 is 0 Å². The minimum atomic E-state index is -0.0284. The lowest BCUT2D eigenvalue weighted by molar-refractivity contribution is -0.133. The molecule has 9 heteroatoms. The van der Waals surface area contributed by atoms with E-state index in [2.05, 4.69) is 45.2 Å². The molecule has 3 aliphatic rings. The summed E-state index contributed by atoms with van der Waals surface area (Å²) in [6.07, 6.45) is 8.26. The number of amides is 2. The number of nitrogens with two attached hydrogens (primary N) is 1. The number of nitrogens with zero attached hydrogens (tertiary/aromatic N) is 5. The Morgan fingerprint density at radius 3 is 2.64 bits per heavy atom. The Morgan fingerprint density at radius 1 is 0.977 bits per heavy atom. The molecular weight excluding hydrogens is 552 g/mol. The van der Waals surface area contributed by atoms with Crippen LogP contribution in [0.3, 0.4) is 0 Å². The SMILES string of the molecule is COc1cc(C(=O)N2CCC[C@@H](N)C2)cc2nc(-c3cc4ccc5cc4n3CCCCCC[C@@H]3CCN(C3=O)[C@@H]5C)n(C)c12. The Bertz CT molecular complexity index is 1740. The maximum Gasteiger partial charge on any atom is 0.254 e. The van der Waals surface area contributed by atoms with Crippen LogP contribution in [0.1, 0.15) is 80.3 Å². The lowest BCUT2D eigenvalue weighted by Crippen LogP contribution is -2.45. The molecule has 232 valence electrons. The largest absolute Gasteiger partial charge is 0.494 e. The van der Waals surface area contributed by atoms with Crippen LogP contribution in [0.15, 0.2) is 36.4 Å². The number of fused-ring (bicyclic) bond motifs is 4. The van der Waals surface area contributed by atoms with Gasteiger partial charge in [0.05, 0.1) is 24.4 Å². The zero-order valence-electron chi connectivity index (χ0n) is 26.2. The fraction of sp³-hybridized carbons (Fsp3) is 0.514. The topological polar surface area (TPSA) is 98.6 Å². The van der Waals surface area contributed by atoms with Crippen LogP contribution >= 0.6 is 0 Å². The Kier molecular flexibility index (Phi) is 7.60. The first-order chi connectivity index (χ1) is 21.3. The number of hydrogen-bond acceptors (Lipinski definition) is 5. The first kappa shape index (κ1) is 28.9. The van der Waals surface area contributed by atoms with Gasteiger partial charge in [0.25, 0.3) is 5.91 Å². The molecule has 2 N–H and O–H groups in total. The van der Waals surface area contributed by atoms with Gasteiger partial charge in [-0.1, -0.05) is 31.4 Å². The van der Waals surface area contributed by atoms with E-state index in [0.29, 0.717) is 30.3 Å². The number of aromatic nitrogens is 3. The van der Waals surface area contributed by atoms with Gasteiger partial charge in [-0.2, -0.15) is 0 Å². The van der Waals surface area contributed by atoms with Crippen molar-refractivity contribution in [3.8, 4) is 17.3 Å². The molecule has 2 saturated heterocycles. The molecule has 0 spiro atoms. The van der Waals surface area contributed by atoms with E-state index in [9.17, 15) is 9.59 Å². The Balaban J connectivity index is 1.32. The second-order valence-corrected chi connectivity index (χ2v) is 13.1. The van der Waals surface area contributed by atoms with Gasteiger partial charge in [-0.05, 0) is 68.9 Å². The van der Waals surface area contributed by atoms with Crippen molar-refractivity contribution in [2.45, 2.75) is 76.9 Å². The van der Waals surface area contributed by atoms with Crippen molar-refractivity contribution < 1.29 is 14.3 Å². The summed E-state index contributed by atoms with van der Waals surface area (Å²) in [7, 11) is 3.67. The number of hydrogen-bond donors (Lipinski definition) is 1. The van der Waals surface area contributed by atoms with Crippen molar-refractivity contribution in [2.24, 2.45) is 18.7 Å². The standard InChI is InChI=1S/C35H44N6O3/c1-22-24-11-12-25-19-30(41(29(25)18-24)15-7-5-4-6-9-23-13-16-40(22)35(23)43)33-37-28-17-26(20-31(44-3)32(28)38(33)2)34(42)39-14-8-10-27(36)21-39/h11-12,17-20,22-23,27H,4-10,13-16,21,36H2,1-3H3/t22-,23-,27-/m1/s1. The molecule has 2 aromatic carbocycles. The van der Waals surface area contributed by atoms with E-state index in [1.54, 1.807) is 7.11 Å². The molecule has 0 radical (unpaired) electrons. The van der Waals surface area contributed by atoms with Gasteiger partial charge in [0.1, 0.15) is 11.3 Å². The predicted molar refractivity (Wildman–Crippen MR) is 173 cm³/mol. The van der Waals surface area contributed by atoms with E-state index in [1.807, 2.05) is 24.1 Å². The third kappa shape index (κ3) is 4.95. The molecule has 0 unspecified atom stereocenters. The van der Waals surface area contributed by atoms with Crippen LogP contribution in [0.5, 0.6) is 5.75 Å². The lowest BCUT2D eigenvalue weighted by atomic mass is 9.99. The van der Waals surface area contributed by atoms with Crippen LogP contribution in [0, 0.1) is 5.92 Å². The Morgan fingerprint density at radius 2 is 1.82 bits per heavy atom. The average Bonchev–Trinajstić information content (AvgIpc) is 3.69. The molecule has 4 bridgehead atoms. The first-order valence-electron chi connectivity index (χ1n) is 16.4. The molecule has 2 amide bonds. The summed E-state index contributed by atoms with van der Waals surface area (Å²) in [6.45, 7) is 5.18. The number of piperidine rings is 1. The van der Waals surface area contributed by atoms with Gasteiger partial charge in [-0.3, -0.25) is 9.59 Å². The van der Waals surface area contributed by atoms with Crippen molar-refractivity contribution in [1.29, 1.82) is 0 Å². The molecule has 2 aromatic heterocycles. The number of aryl methyl sites for hydroxylation is 2. The molecule has 3 atom stereocenters. The van der Waals surface area contributed by atoms with Gasteiger partial charge in [0.2, 0.25) is 5.91 Å². The summed E-state index contributed by atoms with van der Waals surface area (Å²) in [5.41, 5.74) is 11.7. The number of likely N-dealkylation sites (tertiary alicyclic amines) is 1. The van der Waals surface area contributed by atoms with Crippen LogP contribution in [0.25, 0.3) is 33.5 Å². The first-order valence-corrected chi connectivity index (χ1v) is 16.4. The monoisotopic (exact) mass is 596 g/mol. The summed E-state index contributed by atoms with van der Waals surface area (Å²) >= 11 is 0. The maximum atomic E-state index is 13.5. The third-order valence-corrected chi connectivity index (χ3v) is 10.3. The van der Waals surface area contributed by atoms with Crippen LogP contribution in [0.2, 0.25) is 0 Å². The summed E-state index contributed by atoms with van der Waals surface area (Å²) in [6, 6.07) is 12.7. The Labute approximate surface area is 258 Å². The summed E-state index contributed by atoms with van der Waals surface area (Å²) in [5.74, 6) is 1.95. The highest BCUT2D eigenvalue weighted by atomic mass is 16.5. The molecule has 3 aliphatic heterocycles. The van der Waals surface area contributed by atoms with Crippen molar-refractivity contribution in [1.82, 2.24) is 23.9 Å². The average molecular weight is 597 g/mol. The molecular formula is C35H44N6O3. The molecule has 0 aliphatic carbocycles.